The van der Waals surface area contributed by atoms with Crippen molar-refractivity contribution in [1.82, 2.24) is 15.2 Å². The molecule has 1 aromatic carbocycles. The normalized spacial score (nSPS) is 12.9. The lowest BCUT2D eigenvalue weighted by Crippen LogP contribution is -2.38. The fourth-order valence-electron chi connectivity index (χ4n) is 2.60. The quantitative estimate of drug-likeness (QED) is 0.710. The lowest BCUT2D eigenvalue weighted by Gasteiger charge is -2.27. The number of carbonyl (C=O) groups excluding carboxylic acids is 2. The Labute approximate surface area is 166 Å². The molecule has 0 aliphatic carbocycles. The first-order valence-electron chi connectivity index (χ1n) is 9.59. The Bertz CT molecular complexity index is 802. The van der Waals surface area contributed by atoms with Crippen LogP contribution in [0.2, 0.25) is 0 Å². The standard InChI is InChI=1S/C21H29N3O4/c1-6-14(3)22-20(25)18-13-28-19(23-18)12-24(15(4)7-2)21(26)16-9-8-10-17(11-16)27-5/h8-11,13-15H,6-7,12H2,1-5H3,(H,22,25)/t14-,15-/m1/s1. The summed E-state index contributed by atoms with van der Waals surface area (Å²) in [6.45, 7) is 8.08. The average molecular weight is 387 g/mol. The Morgan fingerprint density at radius 2 is 2.00 bits per heavy atom. The summed E-state index contributed by atoms with van der Waals surface area (Å²) in [5.74, 6) is 0.525. The van der Waals surface area contributed by atoms with Crippen molar-refractivity contribution in [3.8, 4) is 5.75 Å². The molecule has 1 heterocycles. The van der Waals surface area contributed by atoms with Gasteiger partial charge in [0.05, 0.1) is 13.7 Å². The first kappa shape index (κ1) is 21.5. The van der Waals surface area contributed by atoms with E-state index in [2.05, 4.69) is 10.3 Å². The smallest absolute Gasteiger partial charge is 0.273 e. The zero-order valence-electron chi connectivity index (χ0n) is 17.2. The number of amides is 2. The summed E-state index contributed by atoms with van der Waals surface area (Å²) in [5.41, 5.74) is 0.745. The zero-order chi connectivity index (χ0) is 20.7. The minimum Gasteiger partial charge on any atom is -0.497 e. The number of carbonyl (C=O) groups is 2. The number of nitrogens with zero attached hydrogens (tertiary/aromatic N) is 2. The van der Waals surface area contributed by atoms with Crippen molar-refractivity contribution in [1.29, 1.82) is 0 Å². The summed E-state index contributed by atoms with van der Waals surface area (Å²) >= 11 is 0. The fourth-order valence-corrected chi connectivity index (χ4v) is 2.60. The van der Waals surface area contributed by atoms with Gasteiger partial charge in [-0.1, -0.05) is 19.9 Å². The Balaban J connectivity index is 2.18. The summed E-state index contributed by atoms with van der Waals surface area (Å²) in [7, 11) is 1.56. The predicted molar refractivity (Wildman–Crippen MR) is 106 cm³/mol. The van der Waals surface area contributed by atoms with E-state index in [1.54, 1.807) is 36.3 Å². The third kappa shape index (κ3) is 5.34. The highest BCUT2D eigenvalue weighted by molar-refractivity contribution is 5.95. The van der Waals surface area contributed by atoms with E-state index in [0.717, 1.165) is 12.8 Å². The van der Waals surface area contributed by atoms with Gasteiger partial charge in [-0.3, -0.25) is 9.59 Å². The van der Waals surface area contributed by atoms with Crippen LogP contribution >= 0.6 is 0 Å². The molecule has 0 aliphatic rings. The summed E-state index contributed by atoms with van der Waals surface area (Å²) in [6.07, 6.45) is 2.93. The largest absolute Gasteiger partial charge is 0.497 e. The van der Waals surface area contributed by atoms with Crippen LogP contribution in [-0.4, -0.2) is 40.9 Å². The first-order chi connectivity index (χ1) is 13.4. The maximum Gasteiger partial charge on any atom is 0.273 e. The zero-order valence-corrected chi connectivity index (χ0v) is 17.2. The summed E-state index contributed by atoms with van der Waals surface area (Å²) in [6, 6.07) is 7.06. The van der Waals surface area contributed by atoms with Crippen molar-refractivity contribution in [2.75, 3.05) is 7.11 Å². The van der Waals surface area contributed by atoms with Crippen LogP contribution < -0.4 is 10.1 Å². The molecule has 7 heteroatoms. The van der Waals surface area contributed by atoms with Gasteiger partial charge in [0.15, 0.2) is 5.69 Å². The number of benzene rings is 1. The first-order valence-corrected chi connectivity index (χ1v) is 9.59. The number of nitrogens with one attached hydrogen (secondary N) is 1. The molecule has 1 aromatic heterocycles. The number of oxazole rings is 1. The molecule has 0 fully saturated rings. The second-order valence-corrected chi connectivity index (χ2v) is 6.83. The monoisotopic (exact) mass is 387 g/mol. The number of ether oxygens (including phenoxy) is 1. The highest BCUT2D eigenvalue weighted by Gasteiger charge is 2.24. The van der Waals surface area contributed by atoms with Gasteiger partial charge in [-0.2, -0.15) is 0 Å². The van der Waals surface area contributed by atoms with Crippen molar-refractivity contribution in [2.24, 2.45) is 0 Å². The van der Waals surface area contributed by atoms with Gasteiger partial charge >= 0.3 is 0 Å². The molecule has 2 atom stereocenters. The molecule has 0 aliphatic heterocycles. The van der Waals surface area contributed by atoms with E-state index in [0.29, 0.717) is 17.2 Å². The minimum absolute atomic E-state index is 0.0250. The van der Waals surface area contributed by atoms with Gasteiger partial charge in [-0.25, -0.2) is 4.98 Å². The van der Waals surface area contributed by atoms with E-state index in [1.807, 2.05) is 27.7 Å². The van der Waals surface area contributed by atoms with Crippen molar-refractivity contribution >= 4 is 11.8 Å². The Hall–Kier alpha value is -2.83. The summed E-state index contributed by atoms with van der Waals surface area (Å²) < 4.78 is 10.7. The molecule has 0 saturated carbocycles. The Kier molecular flexibility index (Phi) is 7.61. The molecule has 2 aromatic rings. The highest BCUT2D eigenvalue weighted by atomic mass is 16.5. The molecule has 0 unspecified atom stereocenters. The molecule has 7 nitrogen and oxygen atoms in total. The number of methoxy groups -OCH3 is 1. The number of aromatic nitrogens is 1. The van der Waals surface area contributed by atoms with Crippen LogP contribution in [0.15, 0.2) is 34.9 Å². The Morgan fingerprint density at radius 1 is 1.25 bits per heavy atom. The second-order valence-electron chi connectivity index (χ2n) is 6.83. The van der Waals surface area contributed by atoms with E-state index < -0.39 is 0 Å². The molecule has 0 spiro atoms. The lowest BCUT2D eigenvalue weighted by atomic mass is 10.1. The van der Waals surface area contributed by atoms with Crippen LogP contribution in [-0.2, 0) is 6.54 Å². The maximum atomic E-state index is 13.1. The maximum absolute atomic E-state index is 13.1. The molecule has 28 heavy (non-hydrogen) atoms. The van der Waals surface area contributed by atoms with Gasteiger partial charge in [0.2, 0.25) is 5.89 Å². The number of hydrogen-bond donors (Lipinski definition) is 1. The van der Waals surface area contributed by atoms with Crippen LogP contribution in [0.1, 0.15) is 67.3 Å². The van der Waals surface area contributed by atoms with Gasteiger partial charge < -0.3 is 19.4 Å². The van der Waals surface area contributed by atoms with Gasteiger partial charge in [-0.15, -0.1) is 0 Å². The average Bonchev–Trinajstić information content (AvgIpc) is 3.19. The fraction of sp³-hybridized carbons (Fsp3) is 0.476. The summed E-state index contributed by atoms with van der Waals surface area (Å²) in [4.78, 5) is 31.2. The molecule has 1 N–H and O–H groups in total. The molecular weight excluding hydrogens is 358 g/mol. The topological polar surface area (TPSA) is 84.7 Å². The van der Waals surface area contributed by atoms with Gasteiger partial charge in [-0.05, 0) is 44.9 Å². The third-order valence-electron chi connectivity index (χ3n) is 4.78. The van der Waals surface area contributed by atoms with Crippen molar-refractivity contribution < 1.29 is 18.7 Å². The lowest BCUT2D eigenvalue weighted by molar-refractivity contribution is 0.0652. The van der Waals surface area contributed by atoms with Crippen molar-refractivity contribution in [2.45, 2.75) is 59.2 Å². The molecule has 2 rings (SSSR count). The van der Waals surface area contributed by atoms with E-state index in [1.165, 1.54) is 6.26 Å². The molecule has 0 radical (unpaired) electrons. The van der Waals surface area contributed by atoms with Crippen LogP contribution in [0.4, 0.5) is 0 Å². The SMILES string of the molecule is CC[C@@H](C)NC(=O)c1coc(CN(C(=O)c2cccc(OC)c2)[C@H](C)CC)n1. The van der Waals surface area contributed by atoms with Crippen molar-refractivity contribution in [3.63, 3.8) is 0 Å². The van der Waals surface area contributed by atoms with Crippen molar-refractivity contribution in [3.05, 3.63) is 47.7 Å². The van der Waals surface area contributed by atoms with Crippen LogP contribution in [0.5, 0.6) is 5.75 Å². The summed E-state index contributed by atoms with van der Waals surface area (Å²) in [5, 5.41) is 2.85. The minimum atomic E-state index is -0.279. The Morgan fingerprint density at radius 3 is 2.64 bits per heavy atom. The second kappa shape index (κ2) is 9.92. The van der Waals surface area contributed by atoms with Crippen LogP contribution in [0.3, 0.4) is 0 Å². The molecule has 0 bridgehead atoms. The number of rotatable bonds is 9. The van der Waals surface area contributed by atoms with Gasteiger partial charge in [0.25, 0.3) is 11.8 Å². The van der Waals surface area contributed by atoms with Gasteiger partial charge in [0.1, 0.15) is 12.0 Å². The number of hydrogen-bond acceptors (Lipinski definition) is 5. The van der Waals surface area contributed by atoms with E-state index in [4.69, 9.17) is 9.15 Å². The molecule has 152 valence electrons. The predicted octanol–water partition coefficient (Wildman–Crippen LogP) is 3.65. The van der Waals surface area contributed by atoms with E-state index >= 15 is 0 Å². The van der Waals surface area contributed by atoms with Crippen LogP contribution in [0, 0.1) is 0 Å². The molecule has 2 amide bonds. The highest BCUT2D eigenvalue weighted by Crippen LogP contribution is 2.19. The van der Waals surface area contributed by atoms with Gasteiger partial charge in [0, 0.05) is 17.6 Å². The van der Waals surface area contributed by atoms with Crippen LogP contribution in [0.25, 0.3) is 0 Å². The molecule has 0 saturated heterocycles. The third-order valence-corrected chi connectivity index (χ3v) is 4.78. The van der Waals surface area contributed by atoms with E-state index in [9.17, 15) is 9.59 Å². The van der Waals surface area contributed by atoms with E-state index in [-0.39, 0.29) is 36.1 Å². The molecular formula is C21H29N3O4.